The van der Waals surface area contributed by atoms with Crippen molar-refractivity contribution in [1.29, 1.82) is 0 Å². The first-order valence-corrected chi connectivity index (χ1v) is 10.4. The summed E-state index contributed by atoms with van der Waals surface area (Å²) in [7, 11) is 3.29. The number of amides is 2. The number of rotatable bonds is 5. The van der Waals surface area contributed by atoms with Crippen molar-refractivity contribution in [2.75, 3.05) is 19.5 Å². The van der Waals surface area contributed by atoms with Gasteiger partial charge in [0.25, 0.3) is 0 Å². The summed E-state index contributed by atoms with van der Waals surface area (Å²) in [6.45, 7) is 0. The zero-order chi connectivity index (χ0) is 21.3. The van der Waals surface area contributed by atoms with Crippen LogP contribution in [0.1, 0.15) is 18.0 Å². The summed E-state index contributed by atoms with van der Waals surface area (Å²) in [5.41, 5.74) is 1.61. The summed E-state index contributed by atoms with van der Waals surface area (Å²) in [4.78, 5) is 31.4. The van der Waals surface area contributed by atoms with Gasteiger partial charge in [0.2, 0.25) is 16.9 Å². The molecule has 2 amide bonds. The Balaban J connectivity index is 1.54. The lowest BCUT2D eigenvalue weighted by Crippen LogP contribution is -2.30. The number of methoxy groups -OCH3 is 1. The summed E-state index contributed by atoms with van der Waals surface area (Å²) < 4.78 is 9.56. The van der Waals surface area contributed by atoms with E-state index in [0.717, 1.165) is 22.7 Å². The summed E-state index contributed by atoms with van der Waals surface area (Å²) in [6.07, 6.45) is 0.126. The molecule has 0 saturated carbocycles. The van der Waals surface area contributed by atoms with Gasteiger partial charge >= 0.3 is 0 Å². The number of hydrogen-bond donors (Lipinski definition) is 1. The van der Waals surface area contributed by atoms with E-state index in [1.54, 1.807) is 31.2 Å². The van der Waals surface area contributed by atoms with Crippen LogP contribution in [0.3, 0.4) is 0 Å². The zero-order valence-corrected chi connectivity index (χ0v) is 17.9. The van der Waals surface area contributed by atoms with Gasteiger partial charge < -0.3 is 15.0 Å². The molecule has 2 heterocycles. The van der Waals surface area contributed by atoms with E-state index in [2.05, 4.69) is 14.7 Å². The Hall–Kier alpha value is -2.97. The molecule has 2 aromatic carbocycles. The molecule has 4 rings (SSSR count). The molecule has 0 aliphatic carbocycles. The smallest absolute Gasteiger partial charge is 0.232 e. The van der Waals surface area contributed by atoms with E-state index in [1.165, 1.54) is 0 Å². The number of hydrogen-bond acceptors (Lipinski definition) is 6. The number of aromatic nitrogens is 2. The van der Waals surface area contributed by atoms with E-state index < -0.39 is 5.92 Å². The van der Waals surface area contributed by atoms with Crippen LogP contribution in [-0.4, -0.2) is 40.2 Å². The average molecular weight is 443 g/mol. The quantitative estimate of drug-likeness (QED) is 0.645. The average Bonchev–Trinajstić information content (AvgIpc) is 3.33. The van der Waals surface area contributed by atoms with Crippen LogP contribution in [0.2, 0.25) is 5.02 Å². The first-order chi connectivity index (χ1) is 14.5. The van der Waals surface area contributed by atoms with Crippen molar-refractivity contribution in [3.63, 3.8) is 0 Å². The minimum absolute atomic E-state index is 0.0885. The Kier molecular flexibility index (Phi) is 5.69. The van der Waals surface area contributed by atoms with Crippen LogP contribution >= 0.6 is 23.1 Å². The Morgan fingerprint density at radius 2 is 2.07 bits per heavy atom. The van der Waals surface area contributed by atoms with Crippen molar-refractivity contribution in [2.45, 2.75) is 12.5 Å². The highest BCUT2D eigenvalue weighted by molar-refractivity contribution is 7.10. The predicted molar refractivity (Wildman–Crippen MR) is 116 cm³/mol. The number of nitrogens with one attached hydrogen (secondary N) is 1. The van der Waals surface area contributed by atoms with Crippen molar-refractivity contribution in [3.05, 3.63) is 59.1 Å². The van der Waals surface area contributed by atoms with Crippen molar-refractivity contribution in [2.24, 2.45) is 5.92 Å². The molecule has 1 fully saturated rings. The third kappa shape index (κ3) is 4.01. The Labute approximate surface area is 182 Å². The number of ether oxygens (including phenoxy) is 1. The van der Waals surface area contributed by atoms with Gasteiger partial charge in [0.15, 0.2) is 5.82 Å². The third-order valence-electron chi connectivity index (χ3n) is 5.10. The monoisotopic (exact) mass is 442 g/mol. The molecule has 1 aliphatic heterocycles. The number of nitrogens with zero attached hydrogens (tertiary/aromatic N) is 3. The molecule has 9 heteroatoms. The minimum Gasteiger partial charge on any atom is -0.497 e. The van der Waals surface area contributed by atoms with E-state index in [9.17, 15) is 9.59 Å². The lowest BCUT2D eigenvalue weighted by atomic mass is 9.93. The van der Waals surface area contributed by atoms with Crippen LogP contribution in [-0.2, 0) is 9.59 Å². The van der Waals surface area contributed by atoms with Crippen molar-refractivity contribution < 1.29 is 14.3 Å². The van der Waals surface area contributed by atoms with Crippen molar-refractivity contribution in [3.8, 4) is 17.1 Å². The van der Waals surface area contributed by atoms with Gasteiger partial charge in [-0.15, -0.1) is 0 Å². The molecule has 1 aliphatic rings. The lowest BCUT2D eigenvalue weighted by Gasteiger charge is -2.24. The summed E-state index contributed by atoms with van der Waals surface area (Å²) in [5.74, 6) is 0.288. The molecule has 1 aromatic heterocycles. The van der Waals surface area contributed by atoms with Gasteiger partial charge in [0.05, 0.1) is 19.1 Å². The molecule has 30 heavy (non-hydrogen) atoms. The number of carbonyl (C=O) groups is 2. The number of anilines is 1. The largest absolute Gasteiger partial charge is 0.497 e. The molecule has 7 nitrogen and oxygen atoms in total. The predicted octanol–water partition coefficient (Wildman–Crippen LogP) is 4.03. The lowest BCUT2D eigenvalue weighted by molar-refractivity contribution is -0.127. The molecule has 2 atom stereocenters. The molecule has 0 radical (unpaired) electrons. The zero-order valence-electron chi connectivity index (χ0n) is 16.3. The molecule has 3 aromatic rings. The van der Waals surface area contributed by atoms with E-state index in [-0.39, 0.29) is 24.3 Å². The van der Waals surface area contributed by atoms with E-state index in [4.69, 9.17) is 16.3 Å². The van der Waals surface area contributed by atoms with Crippen LogP contribution in [0.5, 0.6) is 5.75 Å². The van der Waals surface area contributed by atoms with Crippen LogP contribution in [0.25, 0.3) is 11.4 Å². The fourth-order valence-electron chi connectivity index (χ4n) is 3.60. The molecular weight excluding hydrogens is 424 g/mol. The van der Waals surface area contributed by atoms with Crippen LogP contribution in [0.15, 0.2) is 48.5 Å². The number of halogens is 1. The highest BCUT2D eigenvalue weighted by Crippen LogP contribution is 2.38. The molecule has 1 N–H and O–H groups in total. The van der Waals surface area contributed by atoms with Gasteiger partial charge in [-0.2, -0.15) is 9.36 Å². The van der Waals surface area contributed by atoms with Gasteiger partial charge in [-0.1, -0.05) is 35.9 Å². The maximum Gasteiger partial charge on any atom is 0.232 e. The summed E-state index contributed by atoms with van der Waals surface area (Å²) in [6, 6.07) is 14.2. The van der Waals surface area contributed by atoms with Crippen molar-refractivity contribution >= 4 is 40.1 Å². The highest BCUT2D eigenvalue weighted by Gasteiger charge is 2.43. The van der Waals surface area contributed by atoms with E-state index in [1.807, 2.05) is 36.4 Å². The number of carbonyl (C=O) groups excluding carboxylic acids is 2. The molecule has 2 unspecified atom stereocenters. The van der Waals surface area contributed by atoms with Crippen LogP contribution in [0, 0.1) is 5.92 Å². The minimum atomic E-state index is -0.551. The molecular formula is C21H19ClN4O3S. The molecule has 1 saturated heterocycles. The normalized spacial score (nSPS) is 18.5. The SMILES string of the molecule is COc1cccc(-c2nsc(NC(=O)C3CC(=O)N(C)C3c3cccc(Cl)c3)n2)c1. The second kappa shape index (κ2) is 8.41. The molecule has 0 spiro atoms. The van der Waals surface area contributed by atoms with Crippen LogP contribution < -0.4 is 10.1 Å². The van der Waals surface area contributed by atoms with Gasteiger partial charge in [-0.3, -0.25) is 9.59 Å². The maximum atomic E-state index is 13.0. The second-order valence-corrected chi connectivity index (χ2v) is 8.15. The van der Waals surface area contributed by atoms with Gasteiger partial charge in [0.1, 0.15) is 5.75 Å². The van der Waals surface area contributed by atoms with E-state index in [0.29, 0.717) is 21.7 Å². The number of likely N-dealkylation sites (tertiary alicyclic amines) is 1. The second-order valence-electron chi connectivity index (χ2n) is 6.96. The Morgan fingerprint density at radius 1 is 1.27 bits per heavy atom. The standard InChI is InChI=1S/C21H19ClN4O3S/c1-26-17(27)11-16(18(26)12-5-3-7-14(22)9-12)20(28)24-21-23-19(25-30-21)13-6-4-8-15(10-13)29-2/h3-10,16,18H,11H2,1-2H3,(H,23,24,25,28). The number of benzene rings is 2. The first-order valence-electron chi connectivity index (χ1n) is 9.26. The molecule has 0 bridgehead atoms. The van der Waals surface area contributed by atoms with Crippen LogP contribution in [0.4, 0.5) is 5.13 Å². The first kappa shape index (κ1) is 20.3. The fourth-order valence-corrected chi connectivity index (χ4v) is 4.39. The van der Waals surface area contributed by atoms with Gasteiger partial charge in [0, 0.05) is 35.6 Å². The van der Waals surface area contributed by atoms with Gasteiger partial charge in [-0.25, -0.2) is 0 Å². The fraction of sp³-hybridized carbons (Fsp3) is 0.238. The van der Waals surface area contributed by atoms with Gasteiger partial charge in [-0.05, 0) is 29.8 Å². The van der Waals surface area contributed by atoms with E-state index >= 15 is 0 Å². The van der Waals surface area contributed by atoms with Crippen molar-refractivity contribution in [1.82, 2.24) is 14.3 Å². The Morgan fingerprint density at radius 3 is 2.83 bits per heavy atom. The third-order valence-corrected chi connectivity index (χ3v) is 5.96. The topological polar surface area (TPSA) is 84.4 Å². The molecule has 154 valence electrons. The Bertz CT molecular complexity index is 1100. The maximum absolute atomic E-state index is 13.0. The summed E-state index contributed by atoms with van der Waals surface area (Å²) in [5, 5.41) is 3.76. The summed E-state index contributed by atoms with van der Waals surface area (Å²) >= 11 is 7.21. The highest BCUT2D eigenvalue weighted by atomic mass is 35.5.